The molecule has 1 aliphatic rings. The van der Waals surface area contributed by atoms with Crippen LogP contribution in [0.4, 0.5) is 17.1 Å². The van der Waals surface area contributed by atoms with Crippen molar-refractivity contribution in [1.29, 1.82) is 10.5 Å². The van der Waals surface area contributed by atoms with Crippen LogP contribution in [0.2, 0.25) is 0 Å². The highest BCUT2D eigenvalue weighted by Crippen LogP contribution is 2.52. The SMILES string of the molecule is CC1(C)c2ccccc2N(c2cc(-n3c4ccccc4c4cnccc43)c(C#N)cc2C#N)c2ccccc21. The lowest BCUT2D eigenvalue weighted by molar-refractivity contribution is 0.632. The van der Waals surface area contributed by atoms with Crippen molar-refractivity contribution in [3.05, 3.63) is 126 Å². The summed E-state index contributed by atoms with van der Waals surface area (Å²) in [6.45, 7) is 4.48. The molecule has 5 nitrogen and oxygen atoms in total. The molecule has 4 aromatic carbocycles. The van der Waals surface area contributed by atoms with Crippen molar-refractivity contribution in [1.82, 2.24) is 9.55 Å². The van der Waals surface area contributed by atoms with Gasteiger partial charge in [-0.3, -0.25) is 4.98 Å². The van der Waals surface area contributed by atoms with E-state index in [1.54, 1.807) is 12.3 Å². The third kappa shape index (κ3) is 3.14. The molecular formula is C34H23N5. The van der Waals surface area contributed by atoms with Gasteiger partial charge in [-0.2, -0.15) is 10.5 Å². The Kier molecular flexibility index (Phi) is 4.86. The van der Waals surface area contributed by atoms with Crippen LogP contribution in [0.5, 0.6) is 0 Å². The third-order valence-electron chi connectivity index (χ3n) is 7.95. The van der Waals surface area contributed by atoms with Crippen molar-refractivity contribution < 1.29 is 0 Å². The molecule has 3 heterocycles. The predicted molar refractivity (Wildman–Crippen MR) is 155 cm³/mol. The van der Waals surface area contributed by atoms with Crippen molar-refractivity contribution in [2.24, 2.45) is 0 Å². The molecule has 0 aliphatic carbocycles. The van der Waals surface area contributed by atoms with Gasteiger partial charge >= 0.3 is 0 Å². The van der Waals surface area contributed by atoms with Gasteiger partial charge in [-0.25, -0.2) is 0 Å². The first-order valence-corrected chi connectivity index (χ1v) is 12.9. The molecule has 0 atom stereocenters. The lowest BCUT2D eigenvalue weighted by atomic mass is 9.73. The van der Waals surface area contributed by atoms with Gasteiger partial charge < -0.3 is 9.47 Å². The van der Waals surface area contributed by atoms with Crippen LogP contribution in [0.3, 0.4) is 0 Å². The number of nitrogens with zero attached hydrogens (tertiary/aromatic N) is 5. The van der Waals surface area contributed by atoms with E-state index >= 15 is 0 Å². The van der Waals surface area contributed by atoms with E-state index in [-0.39, 0.29) is 5.41 Å². The van der Waals surface area contributed by atoms with E-state index < -0.39 is 0 Å². The Balaban J connectivity index is 1.59. The standard InChI is InChI=1S/C34H23N5/c1-34(2)26-10-4-7-13-30(26)39(31-14-8-5-11-27(31)34)33-18-32(22(19-35)17-23(33)20-36)38-28-12-6-3-9-24(28)25-21-37-16-15-29(25)38/h3-18,21H,1-2H3. The number of rotatable bonds is 2. The van der Waals surface area contributed by atoms with Gasteiger partial charge in [0.2, 0.25) is 0 Å². The zero-order valence-corrected chi connectivity index (χ0v) is 21.6. The Morgan fingerprint density at radius 2 is 1.23 bits per heavy atom. The van der Waals surface area contributed by atoms with Crippen molar-refractivity contribution in [3.8, 4) is 17.8 Å². The highest BCUT2D eigenvalue weighted by atomic mass is 15.2. The molecule has 7 rings (SSSR count). The molecule has 0 saturated carbocycles. The Hall–Kier alpha value is -5.39. The molecule has 0 N–H and O–H groups in total. The van der Waals surface area contributed by atoms with Crippen LogP contribution in [0.15, 0.2) is 103 Å². The fraction of sp³-hybridized carbons (Fsp3) is 0.0882. The van der Waals surface area contributed by atoms with Crippen LogP contribution in [0.25, 0.3) is 27.5 Å². The first-order valence-electron chi connectivity index (χ1n) is 12.9. The van der Waals surface area contributed by atoms with Crippen LogP contribution in [-0.4, -0.2) is 9.55 Å². The molecule has 0 radical (unpaired) electrons. The van der Waals surface area contributed by atoms with Crippen molar-refractivity contribution >= 4 is 38.9 Å². The maximum absolute atomic E-state index is 10.3. The second-order valence-electron chi connectivity index (χ2n) is 10.4. The molecule has 0 fully saturated rings. The van der Waals surface area contributed by atoms with Crippen LogP contribution in [-0.2, 0) is 5.41 Å². The quantitative estimate of drug-likeness (QED) is 0.241. The fourth-order valence-corrected chi connectivity index (χ4v) is 6.13. The average molecular weight is 502 g/mol. The number of pyridine rings is 1. The molecule has 1 aliphatic heterocycles. The van der Waals surface area contributed by atoms with Gasteiger partial charge in [0.1, 0.15) is 12.1 Å². The number of para-hydroxylation sites is 3. The van der Waals surface area contributed by atoms with E-state index in [4.69, 9.17) is 0 Å². The molecule has 0 bridgehead atoms. The lowest BCUT2D eigenvalue weighted by Crippen LogP contribution is -2.30. The maximum atomic E-state index is 10.3. The fourth-order valence-electron chi connectivity index (χ4n) is 6.13. The Morgan fingerprint density at radius 1 is 0.641 bits per heavy atom. The van der Waals surface area contributed by atoms with E-state index in [0.29, 0.717) is 11.1 Å². The number of hydrogen-bond acceptors (Lipinski definition) is 4. The van der Waals surface area contributed by atoms with Crippen LogP contribution in [0.1, 0.15) is 36.1 Å². The normalized spacial score (nSPS) is 13.5. The highest BCUT2D eigenvalue weighted by molar-refractivity contribution is 6.09. The summed E-state index contributed by atoms with van der Waals surface area (Å²) in [5, 5.41) is 22.7. The molecular weight excluding hydrogens is 478 g/mol. The van der Waals surface area contributed by atoms with E-state index in [0.717, 1.165) is 44.6 Å². The summed E-state index contributed by atoms with van der Waals surface area (Å²) in [5.41, 5.74) is 8.49. The second kappa shape index (κ2) is 8.31. The second-order valence-corrected chi connectivity index (χ2v) is 10.4. The number of nitriles is 2. The maximum Gasteiger partial charge on any atom is 0.101 e. The Labute approximate surface area is 226 Å². The van der Waals surface area contributed by atoms with Crippen LogP contribution in [0, 0.1) is 22.7 Å². The van der Waals surface area contributed by atoms with Crippen molar-refractivity contribution in [2.45, 2.75) is 19.3 Å². The van der Waals surface area contributed by atoms with Gasteiger partial charge in [-0.15, -0.1) is 0 Å². The molecule has 184 valence electrons. The zero-order valence-electron chi connectivity index (χ0n) is 21.6. The summed E-state index contributed by atoms with van der Waals surface area (Å²) < 4.78 is 2.11. The van der Waals surface area contributed by atoms with E-state index in [2.05, 4.69) is 89.0 Å². The number of benzene rings is 4. The van der Waals surface area contributed by atoms with E-state index in [1.807, 2.05) is 42.6 Å². The smallest absolute Gasteiger partial charge is 0.101 e. The van der Waals surface area contributed by atoms with Gasteiger partial charge in [-0.05, 0) is 47.5 Å². The highest BCUT2D eigenvalue weighted by Gasteiger charge is 2.37. The topological polar surface area (TPSA) is 68.6 Å². The number of anilines is 3. The first kappa shape index (κ1) is 22.8. The Morgan fingerprint density at radius 3 is 1.92 bits per heavy atom. The minimum Gasteiger partial charge on any atom is -0.308 e. The number of aromatic nitrogens is 2. The van der Waals surface area contributed by atoms with E-state index in [9.17, 15) is 10.5 Å². The summed E-state index contributed by atoms with van der Waals surface area (Å²) >= 11 is 0. The monoisotopic (exact) mass is 501 g/mol. The van der Waals surface area contributed by atoms with Crippen molar-refractivity contribution in [3.63, 3.8) is 0 Å². The van der Waals surface area contributed by atoms with Gasteiger partial charge in [-0.1, -0.05) is 68.4 Å². The Bertz CT molecular complexity index is 1930. The third-order valence-corrected chi connectivity index (χ3v) is 7.95. The molecule has 39 heavy (non-hydrogen) atoms. The predicted octanol–water partition coefficient (Wildman–Crippen LogP) is 8.03. The summed E-state index contributed by atoms with van der Waals surface area (Å²) in [6, 6.07) is 35.3. The van der Waals surface area contributed by atoms with Gasteiger partial charge in [0.25, 0.3) is 0 Å². The first-order chi connectivity index (χ1) is 19.0. The minimum atomic E-state index is -0.217. The molecule has 5 heteroatoms. The van der Waals surface area contributed by atoms with E-state index in [1.165, 1.54) is 11.1 Å². The lowest BCUT2D eigenvalue weighted by Gasteiger charge is -2.42. The van der Waals surface area contributed by atoms with Gasteiger partial charge in [0.05, 0.1) is 44.9 Å². The minimum absolute atomic E-state index is 0.217. The largest absolute Gasteiger partial charge is 0.308 e. The number of hydrogen-bond donors (Lipinski definition) is 0. The summed E-state index contributed by atoms with van der Waals surface area (Å²) in [4.78, 5) is 6.54. The molecule has 0 unspecified atom stereocenters. The number of fused-ring (bicyclic) bond motifs is 5. The summed E-state index contributed by atoms with van der Waals surface area (Å²) in [6.07, 6.45) is 3.64. The van der Waals surface area contributed by atoms with Crippen molar-refractivity contribution in [2.75, 3.05) is 4.90 Å². The molecule has 6 aromatic rings. The summed E-state index contributed by atoms with van der Waals surface area (Å²) in [7, 11) is 0. The van der Waals surface area contributed by atoms with Crippen LogP contribution >= 0.6 is 0 Å². The van der Waals surface area contributed by atoms with Gasteiger partial charge in [0.15, 0.2) is 0 Å². The molecule has 0 amide bonds. The zero-order chi connectivity index (χ0) is 26.7. The molecule has 0 saturated heterocycles. The molecule has 2 aromatic heterocycles. The van der Waals surface area contributed by atoms with Crippen LogP contribution < -0.4 is 4.90 Å². The molecule has 0 spiro atoms. The summed E-state index contributed by atoms with van der Waals surface area (Å²) in [5.74, 6) is 0. The average Bonchev–Trinajstić information content (AvgIpc) is 3.31. The van der Waals surface area contributed by atoms with Gasteiger partial charge in [0, 0.05) is 28.6 Å².